The third kappa shape index (κ3) is 4.32. The Hall–Kier alpha value is -4.92. The summed E-state index contributed by atoms with van der Waals surface area (Å²) in [4.78, 5) is 28.7. The summed E-state index contributed by atoms with van der Waals surface area (Å²) in [6, 6.07) is 45.8. The number of esters is 2. The number of ether oxygens (including phenoxy) is 2. The van der Waals surface area contributed by atoms with Gasteiger partial charge >= 0.3 is 11.9 Å². The first-order valence-corrected chi connectivity index (χ1v) is 15.5. The summed E-state index contributed by atoms with van der Waals surface area (Å²) in [5, 5.41) is 3.06. The molecule has 0 fully saturated rings. The molecule has 0 bridgehead atoms. The lowest BCUT2D eigenvalue weighted by Crippen LogP contribution is -2.37. The molecule has 4 nitrogen and oxygen atoms in total. The Kier molecular flexibility index (Phi) is 7.48. The van der Waals surface area contributed by atoms with Crippen LogP contribution < -0.4 is 15.9 Å². The average molecular weight is 569 g/mol. The molecule has 0 heterocycles. The minimum Gasteiger partial charge on any atom is -0.465 e. The molecular weight excluding hydrogens is 539 g/mol. The number of hydrogen-bond acceptors (Lipinski definition) is 4. The highest BCUT2D eigenvalue weighted by Gasteiger charge is 2.41. The molecule has 5 aromatic rings. The predicted octanol–water partition coefficient (Wildman–Crippen LogP) is 5.98. The summed E-state index contributed by atoms with van der Waals surface area (Å²) in [6.45, 7) is -3.05. The van der Waals surface area contributed by atoms with Crippen LogP contribution in [0.3, 0.4) is 0 Å². The van der Waals surface area contributed by atoms with Gasteiger partial charge < -0.3 is 9.47 Å². The van der Waals surface area contributed by atoms with Gasteiger partial charge in [-0.2, -0.15) is 0 Å². The normalized spacial score (nSPS) is 11.7. The lowest BCUT2D eigenvalue weighted by atomic mass is 9.96. The quantitative estimate of drug-likeness (QED) is 0.141. The van der Waals surface area contributed by atoms with E-state index >= 15 is 0 Å². The van der Waals surface area contributed by atoms with Gasteiger partial charge in [-0.3, -0.25) is 0 Å². The molecule has 0 saturated heterocycles. The van der Waals surface area contributed by atoms with Crippen LogP contribution in [0.5, 0.6) is 0 Å². The summed E-state index contributed by atoms with van der Waals surface area (Å²) < 4.78 is 11.1. The minimum absolute atomic E-state index is 0.214. The molecule has 5 heteroatoms. The Morgan fingerprint density at radius 2 is 0.786 bits per heavy atom. The maximum atomic E-state index is 14.4. The second-order valence-electron chi connectivity index (χ2n) is 9.85. The van der Waals surface area contributed by atoms with E-state index in [9.17, 15) is 9.59 Å². The summed E-state index contributed by atoms with van der Waals surface area (Å²) in [5.41, 5.74) is 4.61. The Bertz CT molecular complexity index is 1720. The molecule has 0 aromatic heterocycles. The van der Waals surface area contributed by atoms with Crippen molar-refractivity contribution in [1.82, 2.24) is 0 Å². The van der Waals surface area contributed by atoms with E-state index in [0.717, 1.165) is 38.2 Å². The van der Waals surface area contributed by atoms with Gasteiger partial charge in [0.15, 0.2) is 0 Å². The van der Waals surface area contributed by atoms with Crippen molar-refractivity contribution >= 4 is 45.6 Å². The Morgan fingerprint density at radius 3 is 1.14 bits per heavy atom. The maximum Gasteiger partial charge on any atom is 0.339 e. The van der Waals surface area contributed by atoms with Crippen molar-refractivity contribution in [3.8, 4) is 11.1 Å². The lowest BCUT2D eigenvalue weighted by molar-refractivity contribution is -0.137. The zero-order valence-corrected chi connectivity index (χ0v) is 24.3. The maximum absolute atomic E-state index is 14.4. The van der Waals surface area contributed by atoms with Gasteiger partial charge in [-0.15, -0.1) is 0 Å². The molecule has 0 N–H and O–H groups in total. The highest BCUT2D eigenvalue weighted by atomic mass is 31.2. The number of carbonyl (C=O) groups is 2. The van der Waals surface area contributed by atoms with E-state index in [4.69, 9.17) is 9.47 Å². The van der Waals surface area contributed by atoms with Gasteiger partial charge in [-0.1, -0.05) is 140 Å². The second-order valence-corrected chi connectivity index (χ2v) is 13.2. The van der Waals surface area contributed by atoms with Crippen LogP contribution in [0.15, 0.2) is 145 Å². The fraction of sp³-hybridized carbons (Fsp3) is 0.0541. The molecule has 0 amide bonds. The first-order valence-electron chi connectivity index (χ1n) is 13.7. The van der Waals surface area contributed by atoms with Crippen molar-refractivity contribution in [2.75, 3.05) is 14.2 Å². The van der Waals surface area contributed by atoms with Crippen molar-refractivity contribution in [2.45, 2.75) is 0 Å². The Morgan fingerprint density at radius 1 is 0.452 bits per heavy atom. The molecule has 1 aliphatic rings. The SMILES string of the molecule is COC(=O)C(=C1c2ccccc2-c2ccccc21)C(C(=O)OC)=P(c1ccccc1)(c1ccccc1)c1ccccc1. The number of methoxy groups -OCH3 is 2. The van der Waals surface area contributed by atoms with E-state index < -0.39 is 18.8 Å². The van der Waals surface area contributed by atoms with Crippen molar-refractivity contribution in [1.29, 1.82) is 0 Å². The number of fused-ring (bicyclic) bond motifs is 3. The third-order valence-corrected chi connectivity index (χ3v) is 12.0. The summed E-state index contributed by atoms with van der Waals surface area (Å²) in [7, 11) is 2.73. The lowest BCUT2D eigenvalue weighted by Gasteiger charge is -2.33. The van der Waals surface area contributed by atoms with E-state index in [-0.39, 0.29) is 5.57 Å². The molecule has 0 radical (unpaired) electrons. The number of rotatable bonds is 6. The zero-order valence-electron chi connectivity index (χ0n) is 23.4. The fourth-order valence-electron chi connectivity index (χ4n) is 6.00. The number of benzene rings is 5. The number of carbonyl (C=O) groups excluding carboxylic acids is 2. The first kappa shape index (κ1) is 27.3. The van der Waals surface area contributed by atoms with E-state index in [0.29, 0.717) is 10.9 Å². The van der Waals surface area contributed by atoms with Gasteiger partial charge in [0.2, 0.25) is 0 Å². The molecule has 6 rings (SSSR count). The molecule has 0 aliphatic heterocycles. The van der Waals surface area contributed by atoms with Crippen LogP contribution >= 0.6 is 6.89 Å². The minimum atomic E-state index is -3.05. The van der Waals surface area contributed by atoms with Crippen LogP contribution in [0.1, 0.15) is 11.1 Å². The average Bonchev–Trinajstić information content (AvgIpc) is 3.39. The molecule has 0 unspecified atom stereocenters. The van der Waals surface area contributed by atoms with Crippen LogP contribution in [-0.4, -0.2) is 31.5 Å². The standard InChI is InChI=1S/C37H29O4P/c1-40-36(38)34(33-31-24-14-12-22-29(31)30-23-13-15-25-32(30)33)35(37(39)41-2)42(26-16-6-3-7-17-26,27-18-8-4-9-19-27)28-20-10-5-11-21-28/h3-25H,1-2H3. The molecule has 0 atom stereocenters. The molecule has 5 aromatic carbocycles. The van der Waals surface area contributed by atoms with Crippen LogP contribution in [0.25, 0.3) is 16.7 Å². The van der Waals surface area contributed by atoms with E-state index in [1.165, 1.54) is 14.2 Å². The molecule has 1 aliphatic carbocycles. The van der Waals surface area contributed by atoms with Gasteiger partial charge in [-0.25, -0.2) is 9.59 Å². The van der Waals surface area contributed by atoms with E-state index in [1.807, 2.05) is 140 Å². The summed E-state index contributed by atoms with van der Waals surface area (Å²) in [5.74, 6) is -1.17. The van der Waals surface area contributed by atoms with Gasteiger partial charge in [0.1, 0.15) is 0 Å². The largest absolute Gasteiger partial charge is 0.465 e. The smallest absolute Gasteiger partial charge is 0.339 e. The predicted molar refractivity (Wildman–Crippen MR) is 172 cm³/mol. The Labute approximate surface area is 245 Å². The van der Waals surface area contributed by atoms with Crippen LogP contribution in [0.2, 0.25) is 0 Å². The van der Waals surface area contributed by atoms with Gasteiger partial charge in [0.25, 0.3) is 0 Å². The van der Waals surface area contributed by atoms with Crippen molar-refractivity contribution in [2.24, 2.45) is 0 Å². The van der Waals surface area contributed by atoms with Crippen LogP contribution in [-0.2, 0) is 19.1 Å². The molecule has 0 spiro atoms. The van der Waals surface area contributed by atoms with E-state index in [2.05, 4.69) is 0 Å². The van der Waals surface area contributed by atoms with Gasteiger partial charge in [0.05, 0.1) is 25.1 Å². The van der Waals surface area contributed by atoms with Crippen LogP contribution in [0.4, 0.5) is 0 Å². The summed E-state index contributed by atoms with van der Waals surface area (Å²) in [6.07, 6.45) is 0. The van der Waals surface area contributed by atoms with Gasteiger partial charge in [-0.05, 0) is 45.1 Å². The monoisotopic (exact) mass is 568 g/mol. The first-order chi connectivity index (χ1) is 20.6. The van der Waals surface area contributed by atoms with Crippen molar-refractivity contribution in [3.63, 3.8) is 0 Å². The van der Waals surface area contributed by atoms with Crippen molar-refractivity contribution < 1.29 is 19.1 Å². The molecule has 0 saturated carbocycles. The summed E-state index contributed by atoms with van der Waals surface area (Å²) >= 11 is 0. The fourth-order valence-corrected chi connectivity index (χ4v) is 10.4. The highest BCUT2D eigenvalue weighted by Crippen LogP contribution is 2.52. The number of hydrogen-bond donors (Lipinski definition) is 0. The molecular formula is C37H29O4P. The zero-order chi connectivity index (χ0) is 29.1. The molecule has 206 valence electrons. The topological polar surface area (TPSA) is 52.6 Å². The molecule has 42 heavy (non-hydrogen) atoms. The third-order valence-electron chi connectivity index (χ3n) is 7.70. The van der Waals surface area contributed by atoms with E-state index in [1.54, 1.807) is 0 Å². The van der Waals surface area contributed by atoms with Gasteiger partial charge in [0, 0.05) is 5.57 Å². The second kappa shape index (κ2) is 11.5. The van der Waals surface area contributed by atoms with Crippen LogP contribution in [0, 0.1) is 0 Å². The van der Waals surface area contributed by atoms with Crippen molar-refractivity contribution in [3.05, 3.63) is 156 Å². The Balaban J connectivity index is 1.96. The highest BCUT2D eigenvalue weighted by molar-refractivity contribution is 7.97.